The van der Waals surface area contributed by atoms with Gasteiger partial charge in [0.15, 0.2) is 0 Å². The molecule has 4 nitrogen and oxygen atoms in total. The number of rotatable bonds is 1. The number of aryl methyl sites for hydroxylation is 1. The summed E-state index contributed by atoms with van der Waals surface area (Å²) in [7, 11) is 0. The Morgan fingerprint density at radius 3 is 2.95 bits per heavy atom. The van der Waals surface area contributed by atoms with Crippen molar-refractivity contribution in [2.24, 2.45) is 0 Å². The number of benzene rings is 1. The van der Waals surface area contributed by atoms with Crippen LogP contribution >= 0.6 is 11.6 Å². The summed E-state index contributed by atoms with van der Waals surface area (Å²) in [5, 5.41) is 0.191. The number of aromatic nitrogens is 1. The number of hydrogen-bond acceptors (Lipinski definition) is 3. The van der Waals surface area contributed by atoms with Gasteiger partial charge in [-0.1, -0.05) is 29.8 Å². The van der Waals surface area contributed by atoms with E-state index in [9.17, 15) is 4.79 Å². The van der Waals surface area contributed by atoms with Crippen molar-refractivity contribution in [2.75, 3.05) is 17.2 Å². The zero-order valence-electron chi connectivity index (χ0n) is 11.6. The normalized spacial score (nSPS) is 14.4. The zero-order chi connectivity index (χ0) is 14.8. The standard InChI is InChI=1S/C16H16ClN3O/c17-15-13(9-12(18)10-19-15)16(21)20-8-4-3-6-11-5-1-2-7-14(11)20/h1-2,5,7,9-10H,3-4,6,8,18H2. The second kappa shape index (κ2) is 5.74. The second-order valence-electron chi connectivity index (χ2n) is 5.15. The molecule has 21 heavy (non-hydrogen) atoms. The van der Waals surface area contributed by atoms with Gasteiger partial charge in [0.05, 0.1) is 17.4 Å². The van der Waals surface area contributed by atoms with Crippen LogP contribution < -0.4 is 10.6 Å². The average Bonchev–Trinajstić information content (AvgIpc) is 2.71. The number of amides is 1. The van der Waals surface area contributed by atoms with E-state index in [2.05, 4.69) is 11.1 Å². The molecule has 1 aromatic heterocycles. The van der Waals surface area contributed by atoms with Crippen LogP contribution in [0.25, 0.3) is 0 Å². The Morgan fingerprint density at radius 1 is 1.29 bits per heavy atom. The molecule has 108 valence electrons. The van der Waals surface area contributed by atoms with E-state index in [0.717, 1.165) is 24.9 Å². The molecule has 0 radical (unpaired) electrons. The molecule has 0 spiro atoms. The smallest absolute Gasteiger partial charge is 0.261 e. The van der Waals surface area contributed by atoms with Gasteiger partial charge in [0.25, 0.3) is 5.91 Å². The van der Waals surface area contributed by atoms with Crippen molar-refractivity contribution in [3.63, 3.8) is 0 Å². The lowest BCUT2D eigenvalue weighted by molar-refractivity contribution is 0.0987. The maximum Gasteiger partial charge on any atom is 0.261 e. The number of para-hydroxylation sites is 1. The zero-order valence-corrected chi connectivity index (χ0v) is 12.3. The number of hydrogen-bond donors (Lipinski definition) is 1. The number of pyridine rings is 1. The van der Waals surface area contributed by atoms with Gasteiger partial charge in [0, 0.05) is 12.2 Å². The van der Waals surface area contributed by atoms with Gasteiger partial charge < -0.3 is 10.6 Å². The highest BCUT2D eigenvalue weighted by molar-refractivity contribution is 6.33. The minimum Gasteiger partial charge on any atom is -0.397 e. The van der Waals surface area contributed by atoms with Crippen molar-refractivity contribution in [3.05, 3.63) is 52.8 Å². The first-order chi connectivity index (χ1) is 10.2. The third-order valence-electron chi connectivity index (χ3n) is 3.70. The van der Waals surface area contributed by atoms with Crippen LogP contribution in [-0.2, 0) is 6.42 Å². The van der Waals surface area contributed by atoms with Crippen molar-refractivity contribution >= 4 is 28.9 Å². The molecule has 1 aromatic carbocycles. The summed E-state index contributed by atoms with van der Waals surface area (Å²) in [6.07, 6.45) is 4.48. The average molecular weight is 302 g/mol. The predicted molar refractivity (Wildman–Crippen MR) is 84.7 cm³/mol. The Hall–Kier alpha value is -2.07. The van der Waals surface area contributed by atoms with Gasteiger partial charge in [-0.2, -0.15) is 0 Å². The molecule has 0 saturated heterocycles. The Balaban J connectivity index is 2.03. The predicted octanol–water partition coefficient (Wildman–Crippen LogP) is 3.30. The summed E-state index contributed by atoms with van der Waals surface area (Å²) in [6, 6.07) is 9.59. The van der Waals surface area contributed by atoms with Crippen LogP contribution in [0.15, 0.2) is 36.5 Å². The van der Waals surface area contributed by atoms with Crippen LogP contribution in [0.5, 0.6) is 0 Å². The third kappa shape index (κ3) is 2.72. The molecule has 0 fully saturated rings. The minimum absolute atomic E-state index is 0.144. The van der Waals surface area contributed by atoms with E-state index in [1.807, 2.05) is 18.2 Å². The Labute approximate surface area is 128 Å². The first-order valence-electron chi connectivity index (χ1n) is 6.97. The van der Waals surface area contributed by atoms with Gasteiger partial charge in [0.2, 0.25) is 0 Å². The minimum atomic E-state index is -0.144. The number of anilines is 2. The van der Waals surface area contributed by atoms with Gasteiger partial charge in [0.1, 0.15) is 5.15 Å². The highest BCUT2D eigenvalue weighted by Crippen LogP contribution is 2.29. The Bertz CT molecular complexity index is 687. The van der Waals surface area contributed by atoms with Gasteiger partial charge in [-0.25, -0.2) is 4.98 Å². The quantitative estimate of drug-likeness (QED) is 0.822. The lowest BCUT2D eigenvalue weighted by atomic mass is 10.1. The fourth-order valence-electron chi connectivity index (χ4n) is 2.66. The summed E-state index contributed by atoms with van der Waals surface area (Å²) in [5.74, 6) is -0.144. The van der Waals surface area contributed by atoms with Crippen LogP contribution in [-0.4, -0.2) is 17.4 Å². The van der Waals surface area contributed by atoms with Crippen molar-refractivity contribution < 1.29 is 4.79 Å². The van der Waals surface area contributed by atoms with Gasteiger partial charge in [-0.15, -0.1) is 0 Å². The lowest BCUT2D eigenvalue weighted by Gasteiger charge is -2.23. The molecule has 0 unspecified atom stereocenters. The molecule has 1 amide bonds. The van der Waals surface area contributed by atoms with E-state index in [0.29, 0.717) is 17.8 Å². The Kier molecular flexibility index (Phi) is 3.80. The molecule has 0 aliphatic carbocycles. The molecule has 2 N–H and O–H groups in total. The summed E-state index contributed by atoms with van der Waals surface area (Å²) < 4.78 is 0. The number of carbonyl (C=O) groups is 1. The topological polar surface area (TPSA) is 59.2 Å². The summed E-state index contributed by atoms with van der Waals surface area (Å²) in [4.78, 5) is 18.6. The number of nitrogens with two attached hydrogens (primary N) is 1. The number of nitrogens with zero attached hydrogens (tertiary/aromatic N) is 2. The van der Waals surface area contributed by atoms with Crippen molar-refractivity contribution in [2.45, 2.75) is 19.3 Å². The van der Waals surface area contributed by atoms with Gasteiger partial charge in [-0.3, -0.25) is 4.79 Å². The van der Waals surface area contributed by atoms with Crippen molar-refractivity contribution in [1.29, 1.82) is 0 Å². The Morgan fingerprint density at radius 2 is 2.10 bits per heavy atom. The van der Waals surface area contributed by atoms with Crippen molar-refractivity contribution in [3.8, 4) is 0 Å². The summed E-state index contributed by atoms with van der Waals surface area (Å²) in [6.45, 7) is 0.682. The number of nitrogen functional groups attached to an aromatic ring is 1. The third-order valence-corrected chi connectivity index (χ3v) is 4.00. The molecule has 1 aliphatic heterocycles. The highest BCUT2D eigenvalue weighted by atomic mass is 35.5. The molecule has 5 heteroatoms. The fourth-order valence-corrected chi connectivity index (χ4v) is 2.85. The second-order valence-corrected chi connectivity index (χ2v) is 5.51. The van der Waals surface area contributed by atoms with Crippen LogP contribution in [0, 0.1) is 0 Å². The van der Waals surface area contributed by atoms with Crippen molar-refractivity contribution in [1.82, 2.24) is 4.98 Å². The van der Waals surface area contributed by atoms with Gasteiger partial charge >= 0.3 is 0 Å². The first-order valence-corrected chi connectivity index (χ1v) is 7.35. The van der Waals surface area contributed by atoms with E-state index in [1.54, 1.807) is 11.0 Å². The number of halogens is 1. The van der Waals surface area contributed by atoms with Crippen LogP contribution in [0.4, 0.5) is 11.4 Å². The largest absolute Gasteiger partial charge is 0.397 e. The molecule has 1 aliphatic rings. The highest BCUT2D eigenvalue weighted by Gasteiger charge is 2.24. The van der Waals surface area contributed by atoms with Crippen LogP contribution in [0.3, 0.4) is 0 Å². The molecule has 0 saturated carbocycles. The van der Waals surface area contributed by atoms with E-state index < -0.39 is 0 Å². The SMILES string of the molecule is Nc1cnc(Cl)c(C(=O)N2CCCCc3ccccc32)c1. The molecule has 3 rings (SSSR count). The van der Waals surface area contributed by atoms with E-state index in [-0.39, 0.29) is 11.1 Å². The number of carbonyl (C=O) groups excluding carboxylic acids is 1. The summed E-state index contributed by atoms with van der Waals surface area (Å²) in [5.41, 5.74) is 8.67. The molecule has 2 heterocycles. The molecule has 2 aromatic rings. The van der Waals surface area contributed by atoms with Crippen LogP contribution in [0.2, 0.25) is 5.15 Å². The maximum atomic E-state index is 12.8. The molecule has 0 bridgehead atoms. The van der Waals surface area contributed by atoms with E-state index >= 15 is 0 Å². The first kappa shape index (κ1) is 13.9. The monoisotopic (exact) mass is 301 g/mol. The van der Waals surface area contributed by atoms with E-state index in [1.165, 1.54) is 11.8 Å². The lowest BCUT2D eigenvalue weighted by Crippen LogP contribution is -2.32. The molecule has 0 atom stereocenters. The van der Waals surface area contributed by atoms with Gasteiger partial charge in [-0.05, 0) is 37.0 Å². The summed E-state index contributed by atoms with van der Waals surface area (Å²) >= 11 is 6.06. The van der Waals surface area contributed by atoms with Crippen LogP contribution in [0.1, 0.15) is 28.8 Å². The van der Waals surface area contributed by atoms with E-state index in [4.69, 9.17) is 17.3 Å². The molecular weight excluding hydrogens is 286 g/mol. The fraction of sp³-hybridized carbons (Fsp3) is 0.250. The number of fused-ring (bicyclic) bond motifs is 1. The molecular formula is C16H16ClN3O. The maximum absolute atomic E-state index is 12.8.